The third-order valence-corrected chi connectivity index (χ3v) is 3.21. The van der Waals surface area contributed by atoms with Gasteiger partial charge in [0.05, 0.1) is 6.20 Å². The first kappa shape index (κ1) is 14.7. The quantitative estimate of drug-likeness (QED) is 0.751. The number of benzene rings is 1. The Morgan fingerprint density at radius 3 is 2.55 bits per heavy atom. The first-order valence-electron chi connectivity index (χ1n) is 7.36. The Labute approximate surface area is 121 Å². The minimum absolute atomic E-state index is 0.718. The molecule has 1 aromatic carbocycles. The summed E-state index contributed by atoms with van der Waals surface area (Å²) in [6.45, 7) is 7.35. The lowest BCUT2D eigenvalue weighted by Crippen LogP contribution is -2.16. The molecule has 2 aromatic rings. The van der Waals surface area contributed by atoms with Gasteiger partial charge in [-0.1, -0.05) is 43.3 Å². The van der Waals surface area contributed by atoms with Crippen molar-refractivity contribution < 1.29 is 0 Å². The van der Waals surface area contributed by atoms with Crippen LogP contribution in [0.25, 0.3) is 0 Å². The molecular formula is C16H24N4. The highest BCUT2D eigenvalue weighted by molar-refractivity contribution is 5.22. The van der Waals surface area contributed by atoms with Gasteiger partial charge in [-0.25, -0.2) is 0 Å². The van der Waals surface area contributed by atoms with Crippen LogP contribution in [0.1, 0.15) is 31.4 Å². The van der Waals surface area contributed by atoms with E-state index >= 15 is 0 Å². The first-order valence-corrected chi connectivity index (χ1v) is 7.36. The van der Waals surface area contributed by atoms with Crippen molar-refractivity contribution in [3.05, 3.63) is 47.8 Å². The number of nitrogens with one attached hydrogen (secondary N) is 1. The monoisotopic (exact) mass is 272 g/mol. The van der Waals surface area contributed by atoms with Crippen molar-refractivity contribution in [2.75, 3.05) is 6.54 Å². The maximum Gasteiger partial charge on any atom is 0.0692 e. The van der Waals surface area contributed by atoms with Gasteiger partial charge in [0, 0.05) is 19.3 Å². The topological polar surface area (TPSA) is 42.7 Å². The van der Waals surface area contributed by atoms with E-state index in [9.17, 15) is 0 Å². The smallest absolute Gasteiger partial charge is 0.0692 e. The van der Waals surface area contributed by atoms with Crippen LogP contribution in [0.4, 0.5) is 0 Å². The molecule has 2 rings (SSSR count). The van der Waals surface area contributed by atoms with E-state index in [-0.39, 0.29) is 0 Å². The van der Waals surface area contributed by atoms with E-state index in [1.54, 1.807) is 6.20 Å². The summed E-state index contributed by atoms with van der Waals surface area (Å²) in [5, 5.41) is 11.2. The average Bonchev–Trinajstić information content (AvgIpc) is 2.93. The fourth-order valence-corrected chi connectivity index (χ4v) is 2.22. The number of aryl methyl sites for hydroxylation is 1. The van der Waals surface area contributed by atoms with Crippen LogP contribution in [0.3, 0.4) is 0 Å². The van der Waals surface area contributed by atoms with E-state index in [0.29, 0.717) is 0 Å². The van der Waals surface area contributed by atoms with E-state index < -0.39 is 0 Å². The summed E-state index contributed by atoms with van der Waals surface area (Å²) in [7, 11) is 0. The predicted octanol–water partition coefficient (Wildman–Crippen LogP) is 2.66. The van der Waals surface area contributed by atoms with Crippen molar-refractivity contribution >= 4 is 0 Å². The van der Waals surface area contributed by atoms with E-state index in [2.05, 4.69) is 53.7 Å². The third-order valence-electron chi connectivity index (χ3n) is 3.21. The molecule has 0 unspecified atom stereocenters. The van der Waals surface area contributed by atoms with Crippen molar-refractivity contribution in [3.63, 3.8) is 0 Å². The fraction of sp³-hybridized carbons (Fsp3) is 0.500. The van der Waals surface area contributed by atoms with E-state index in [1.807, 2.05) is 10.9 Å². The van der Waals surface area contributed by atoms with Gasteiger partial charge in [-0.15, -0.1) is 5.10 Å². The molecule has 108 valence electrons. The van der Waals surface area contributed by atoms with Crippen molar-refractivity contribution in [2.45, 2.75) is 39.8 Å². The standard InChI is InChI=1S/C16H24N4/c1-14(2)12-15-4-6-16(7-5-15)13-17-8-3-10-20-11-9-18-19-20/h4-7,9,11,14,17H,3,8,10,12-13H2,1-2H3. The SMILES string of the molecule is CC(C)Cc1ccc(CNCCCn2ccnn2)cc1. The molecule has 1 N–H and O–H groups in total. The molecule has 0 bridgehead atoms. The number of hydrogen-bond donors (Lipinski definition) is 1. The predicted molar refractivity (Wildman–Crippen MR) is 81.3 cm³/mol. The van der Waals surface area contributed by atoms with Gasteiger partial charge in [0.2, 0.25) is 0 Å². The molecule has 20 heavy (non-hydrogen) atoms. The Hall–Kier alpha value is -1.68. The Balaban J connectivity index is 1.64. The van der Waals surface area contributed by atoms with E-state index in [0.717, 1.165) is 38.4 Å². The van der Waals surface area contributed by atoms with Gasteiger partial charge in [-0.2, -0.15) is 0 Å². The fourth-order valence-electron chi connectivity index (χ4n) is 2.22. The molecule has 1 aromatic heterocycles. The summed E-state index contributed by atoms with van der Waals surface area (Å²) in [6.07, 6.45) is 5.83. The van der Waals surface area contributed by atoms with E-state index in [4.69, 9.17) is 0 Å². The van der Waals surface area contributed by atoms with Crippen LogP contribution >= 0.6 is 0 Å². The average molecular weight is 272 g/mol. The first-order chi connectivity index (χ1) is 9.74. The van der Waals surface area contributed by atoms with Gasteiger partial charge in [0.15, 0.2) is 0 Å². The van der Waals surface area contributed by atoms with Gasteiger partial charge in [-0.05, 0) is 36.4 Å². The Morgan fingerprint density at radius 2 is 1.90 bits per heavy atom. The normalized spacial score (nSPS) is 11.2. The second kappa shape index (κ2) is 7.80. The highest BCUT2D eigenvalue weighted by atomic mass is 15.4. The molecule has 0 saturated heterocycles. The Bertz CT molecular complexity index is 474. The lowest BCUT2D eigenvalue weighted by atomic mass is 10.0. The molecular weight excluding hydrogens is 248 g/mol. The van der Waals surface area contributed by atoms with Crippen molar-refractivity contribution in [1.29, 1.82) is 0 Å². The van der Waals surface area contributed by atoms with Gasteiger partial charge in [0.25, 0.3) is 0 Å². The third kappa shape index (κ3) is 5.13. The molecule has 0 fully saturated rings. The molecule has 1 heterocycles. The lowest BCUT2D eigenvalue weighted by molar-refractivity contribution is 0.530. The van der Waals surface area contributed by atoms with Crippen LogP contribution in [0.5, 0.6) is 0 Å². The van der Waals surface area contributed by atoms with Gasteiger partial charge in [0.1, 0.15) is 0 Å². The Kier molecular flexibility index (Phi) is 5.74. The molecule has 0 aliphatic rings. The van der Waals surface area contributed by atoms with Crippen LogP contribution in [0, 0.1) is 5.92 Å². The summed E-state index contributed by atoms with van der Waals surface area (Å²) in [4.78, 5) is 0. The summed E-state index contributed by atoms with van der Waals surface area (Å²) >= 11 is 0. The maximum atomic E-state index is 3.94. The molecule has 0 spiro atoms. The molecule has 4 heteroatoms. The zero-order valence-electron chi connectivity index (χ0n) is 12.4. The summed E-state index contributed by atoms with van der Waals surface area (Å²) in [5.41, 5.74) is 2.77. The second-order valence-electron chi connectivity index (χ2n) is 5.61. The maximum absolute atomic E-state index is 3.94. The summed E-state index contributed by atoms with van der Waals surface area (Å²) in [6, 6.07) is 8.93. The zero-order valence-corrected chi connectivity index (χ0v) is 12.4. The van der Waals surface area contributed by atoms with Crippen LogP contribution in [-0.4, -0.2) is 21.5 Å². The molecule has 0 atom stereocenters. The number of aromatic nitrogens is 3. The Morgan fingerprint density at radius 1 is 1.15 bits per heavy atom. The zero-order chi connectivity index (χ0) is 14.2. The summed E-state index contributed by atoms with van der Waals surface area (Å²) in [5.74, 6) is 0.718. The van der Waals surface area contributed by atoms with Crippen molar-refractivity contribution in [1.82, 2.24) is 20.3 Å². The van der Waals surface area contributed by atoms with Crippen molar-refractivity contribution in [2.24, 2.45) is 5.92 Å². The molecule has 0 aliphatic heterocycles. The minimum Gasteiger partial charge on any atom is -0.313 e. The van der Waals surface area contributed by atoms with Crippen LogP contribution in [0.2, 0.25) is 0 Å². The van der Waals surface area contributed by atoms with Gasteiger partial charge >= 0.3 is 0 Å². The molecule has 4 nitrogen and oxygen atoms in total. The largest absolute Gasteiger partial charge is 0.313 e. The minimum atomic E-state index is 0.718. The number of rotatable bonds is 8. The molecule has 0 aliphatic carbocycles. The number of hydrogen-bond acceptors (Lipinski definition) is 3. The summed E-state index contributed by atoms with van der Waals surface area (Å²) < 4.78 is 1.86. The van der Waals surface area contributed by atoms with Crippen LogP contribution in [-0.2, 0) is 19.5 Å². The van der Waals surface area contributed by atoms with Gasteiger partial charge < -0.3 is 5.32 Å². The highest BCUT2D eigenvalue weighted by Crippen LogP contribution is 2.09. The number of nitrogens with zero attached hydrogens (tertiary/aromatic N) is 3. The second-order valence-corrected chi connectivity index (χ2v) is 5.61. The van der Waals surface area contributed by atoms with Gasteiger partial charge in [-0.3, -0.25) is 4.68 Å². The van der Waals surface area contributed by atoms with Crippen LogP contribution in [0.15, 0.2) is 36.7 Å². The highest BCUT2D eigenvalue weighted by Gasteiger charge is 1.98. The lowest BCUT2D eigenvalue weighted by Gasteiger charge is -2.08. The molecule has 0 radical (unpaired) electrons. The van der Waals surface area contributed by atoms with Crippen molar-refractivity contribution in [3.8, 4) is 0 Å². The van der Waals surface area contributed by atoms with Crippen LogP contribution < -0.4 is 5.32 Å². The molecule has 0 saturated carbocycles. The molecule has 0 amide bonds. The van der Waals surface area contributed by atoms with E-state index in [1.165, 1.54) is 11.1 Å².